The number of furan rings is 1. The van der Waals surface area contributed by atoms with Gasteiger partial charge in [0.25, 0.3) is 0 Å². The highest BCUT2D eigenvalue weighted by Crippen LogP contribution is 2.56. The number of allylic oxidation sites excluding steroid dienone is 1. The summed E-state index contributed by atoms with van der Waals surface area (Å²) in [6, 6.07) is 2.06. The van der Waals surface area contributed by atoms with Crippen molar-refractivity contribution in [2.45, 2.75) is 19.3 Å². The van der Waals surface area contributed by atoms with E-state index in [0.717, 1.165) is 11.8 Å². The molecule has 2 atom stereocenters. The van der Waals surface area contributed by atoms with E-state index in [9.17, 15) is 0 Å². The summed E-state index contributed by atoms with van der Waals surface area (Å²) in [5.41, 5.74) is 2.84. The molecule has 0 N–H and O–H groups in total. The third kappa shape index (κ3) is 0.609. The van der Waals surface area contributed by atoms with E-state index in [4.69, 9.17) is 4.42 Å². The summed E-state index contributed by atoms with van der Waals surface area (Å²) in [4.78, 5) is 0. The topological polar surface area (TPSA) is 13.1 Å². The van der Waals surface area contributed by atoms with Gasteiger partial charge in [-0.1, -0.05) is 11.6 Å². The third-order valence-electron chi connectivity index (χ3n) is 2.82. The summed E-state index contributed by atoms with van der Waals surface area (Å²) in [7, 11) is 0. The van der Waals surface area contributed by atoms with E-state index in [1.807, 2.05) is 0 Å². The maximum atomic E-state index is 5.41. The van der Waals surface area contributed by atoms with Gasteiger partial charge in [0.05, 0.1) is 6.26 Å². The Hall–Kier alpha value is -0.980. The first kappa shape index (κ1) is 5.64. The average Bonchev–Trinajstić information content (AvgIpc) is 2.67. The second-order valence-corrected chi connectivity index (χ2v) is 3.58. The fraction of sp³-hybridized carbons (Fsp3) is 0.400. The second kappa shape index (κ2) is 1.60. The Labute approximate surface area is 65.7 Å². The van der Waals surface area contributed by atoms with E-state index in [1.54, 1.807) is 6.26 Å². The zero-order valence-corrected chi connectivity index (χ0v) is 6.50. The number of hydrogen-bond donors (Lipinski definition) is 0. The Balaban J connectivity index is 2.24. The summed E-state index contributed by atoms with van der Waals surface area (Å²) in [5.74, 6) is 2.76. The lowest BCUT2D eigenvalue weighted by Gasteiger charge is -2.05. The van der Waals surface area contributed by atoms with Crippen molar-refractivity contribution in [3.63, 3.8) is 0 Å². The van der Waals surface area contributed by atoms with E-state index >= 15 is 0 Å². The van der Waals surface area contributed by atoms with E-state index in [-0.39, 0.29) is 0 Å². The summed E-state index contributed by atoms with van der Waals surface area (Å²) in [6.45, 7) is 2.22. The Morgan fingerprint density at radius 2 is 2.36 bits per heavy atom. The maximum Gasteiger partial charge on any atom is 0.114 e. The van der Waals surface area contributed by atoms with Gasteiger partial charge >= 0.3 is 0 Å². The molecule has 2 aliphatic carbocycles. The largest absolute Gasteiger partial charge is 0.468 e. The number of rotatable bonds is 0. The van der Waals surface area contributed by atoms with Crippen LogP contribution in [0.2, 0.25) is 0 Å². The quantitative estimate of drug-likeness (QED) is 0.548. The average molecular weight is 146 g/mol. The van der Waals surface area contributed by atoms with Crippen LogP contribution in [-0.4, -0.2) is 0 Å². The van der Waals surface area contributed by atoms with Gasteiger partial charge in [-0.05, 0) is 25.3 Å². The normalized spacial score (nSPS) is 32.3. The molecule has 0 aromatic carbocycles. The number of hydrogen-bond acceptors (Lipinski definition) is 1. The molecule has 1 saturated carbocycles. The molecule has 0 saturated heterocycles. The molecule has 1 heteroatoms. The summed E-state index contributed by atoms with van der Waals surface area (Å²) >= 11 is 0. The van der Waals surface area contributed by atoms with Crippen molar-refractivity contribution in [3.8, 4) is 0 Å². The standard InChI is InChI=1S/C10H10O/c1-6-4-7-2-3-11-10(7)9-5-8(6)9/h2-4,8-9H,5H2,1H3. The molecule has 1 heterocycles. The van der Waals surface area contributed by atoms with Gasteiger partial charge in [-0.3, -0.25) is 0 Å². The van der Waals surface area contributed by atoms with Crippen LogP contribution in [0.4, 0.5) is 0 Å². The molecule has 56 valence electrons. The molecule has 0 spiro atoms. The predicted molar refractivity (Wildman–Crippen MR) is 43.2 cm³/mol. The van der Waals surface area contributed by atoms with Crippen molar-refractivity contribution in [1.82, 2.24) is 0 Å². The molecule has 1 nitrogen and oxygen atoms in total. The van der Waals surface area contributed by atoms with Gasteiger partial charge in [0.15, 0.2) is 0 Å². The minimum atomic E-state index is 0.727. The van der Waals surface area contributed by atoms with Crippen LogP contribution < -0.4 is 0 Å². The molecule has 2 aliphatic rings. The molecular formula is C10H10O. The monoisotopic (exact) mass is 146 g/mol. The molecule has 3 rings (SSSR count). The molecule has 1 aromatic rings. The fourth-order valence-electron chi connectivity index (χ4n) is 2.09. The second-order valence-electron chi connectivity index (χ2n) is 3.58. The van der Waals surface area contributed by atoms with Gasteiger partial charge < -0.3 is 4.42 Å². The zero-order chi connectivity index (χ0) is 7.42. The van der Waals surface area contributed by atoms with Crippen molar-refractivity contribution in [2.24, 2.45) is 5.92 Å². The van der Waals surface area contributed by atoms with Crippen LogP contribution in [0.15, 0.2) is 22.3 Å². The predicted octanol–water partition coefficient (Wildman–Crippen LogP) is 2.80. The Morgan fingerprint density at radius 3 is 3.27 bits per heavy atom. The smallest absolute Gasteiger partial charge is 0.114 e. The van der Waals surface area contributed by atoms with Crippen molar-refractivity contribution >= 4 is 6.08 Å². The van der Waals surface area contributed by atoms with Crippen molar-refractivity contribution in [2.75, 3.05) is 0 Å². The first-order valence-electron chi connectivity index (χ1n) is 4.12. The number of fused-ring (bicyclic) bond motifs is 3. The molecule has 0 aliphatic heterocycles. The summed E-state index contributed by atoms with van der Waals surface area (Å²) < 4.78 is 5.41. The van der Waals surface area contributed by atoms with Crippen LogP contribution in [0.1, 0.15) is 30.6 Å². The van der Waals surface area contributed by atoms with Gasteiger partial charge in [0.1, 0.15) is 5.76 Å². The first-order chi connectivity index (χ1) is 5.36. The van der Waals surface area contributed by atoms with Crippen LogP contribution in [-0.2, 0) is 0 Å². The van der Waals surface area contributed by atoms with Crippen LogP contribution in [0, 0.1) is 5.92 Å². The van der Waals surface area contributed by atoms with Crippen LogP contribution in [0.3, 0.4) is 0 Å². The summed E-state index contributed by atoms with van der Waals surface area (Å²) in [5, 5.41) is 0. The molecular weight excluding hydrogens is 136 g/mol. The lowest BCUT2D eigenvalue weighted by Crippen LogP contribution is -1.91. The molecule has 11 heavy (non-hydrogen) atoms. The van der Waals surface area contributed by atoms with Gasteiger partial charge in [-0.15, -0.1) is 0 Å². The van der Waals surface area contributed by atoms with E-state index in [1.165, 1.54) is 23.3 Å². The third-order valence-corrected chi connectivity index (χ3v) is 2.82. The fourth-order valence-corrected chi connectivity index (χ4v) is 2.09. The molecule has 1 fully saturated rings. The molecule has 0 amide bonds. The lowest BCUT2D eigenvalue weighted by atomic mass is 10.00. The Morgan fingerprint density at radius 1 is 1.45 bits per heavy atom. The van der Waals surface area contributed by atoms with Gasteiger partial charge in [0, 0.05) is 11.5 Å². The molecule has 1 aromatic heterocycles. The van der Waals surface area contributed by atoms with E-state index in [2.05, 4.69) is 19.1 Å². The van der Waals surface area contributed by atoms with Crippen LogP contribution in [0.5, 0.6) is 0 Å². The highest BCUT2D eigenvalue weighted by atomic mass is 16.3. The van der Waals surface area contributed by atoms with E-state index in [0.29, 0.717) is 0 Å². The van der Waals surface area contributed by atoms with Crippen molar-refractivity contribution in [3.05, 3.63) is 29.2 Å². The van der Waals surface area contributed by atoms with Crippen LogP contribution in [0.25, 0.3) is 6.08 Å². The van der Waals surface area contributed by atoms with Gasteiger partial charge in [0.2, 0.25) is 0 Å². The molecule has 2 unspecified atom stereocenters. The SMILES string of the molecule is CC1=Cc2ccoc2C2CC12. The Kier molecular flexibility index (Phi) is 0.823. The molecule has 0 bridgehead atoms. The minimum Gasteiger partial charge on any atom is -0.468 e. The Bertz CT molecular complexity index is 332. The highest BCUT2D eigenvalue weighted by Gasteiger charge is 2.44. The van der Waals surface area contributed by atoms with Crippen molar-refractivity contribution < 1.29 is 4.42 Å². The zero-order valence-electron chi connectivity index (χ0n) is 6.50. The van der Waals surface area contributed by atoms with Gasteiger partial charge in [-0.25, -0.2) is 0 Å². The van der Waals surface area contributed by atoms with E-state index < -0.39 is 0 Å². The first-order valence-corrected chi connectivity index (χ1v) is 4.12. The lowest BCUT2D eigenvalue weighted by molar-refractivity contribution is 0.504. The minimum absolute atomic E-state index is 0.727. The summed E-state index contributed by atoms with van der Waals surface area (Å²) in [6.07, 6.45) is 5.37. The van der Waals surface area contributed by atoms with Crippen LogP contribution >= 0.6 is 0 Å². The maximum absolute atomic E-state index is 5.41. The molecule has 0 radical (unpaired) electrons. The highest BCUT2D eigenvalue weighted by molar-refractivity contribution is 5.61. The van der Waals surface area contributed by atoms with Crippen molar-refractivity contribution in [1.29, 1.82) is 0 Å². The van der Waals surface area contributed by atoms with Gasteiger partial charge in [-0.2, -0.15) is 0 Å².